The molecule has 0 unspecified atom stereocenters. The van der Waals surface area contributed by atoms with Gasteiger partial charge in [-0.15, -0.1) is 0 Å². The number of carbonyl (C=O) groups excluding carboxylic acids is 2. The van der Waals surface area contributed by atoms with E-state index in [1.165, 1.54) is 32.1 Å². The number of piperazine rings is 1. The molecule has 4 heteroatoms. The summed E-state index contributed by atoms with van der Waals surface area (Å²) in [5, 5.41) is 3.01. The lowest BCUT2D eigenvalue weighted by Crippen LogP contribution is -2.67. The molecule has 1 N–H and O–H groups in total. The first-order valence-electron chi connectivity index (χ1n) is 7.80. The van der Waals surface area contributed by atoms with E-state index in [1.54, 1.807) is 0 Å². The van der Waals surface area contributed by atoms with Crippen molar-refractivity contribution in [2.75, 3.05) is 13.1 Å². The maximum absolute atomic E-state index is 12.7. The van der Waals surface area contributed by atoms with E-state index in [2.05, 4.69) is 5.32 Å². The number of hydrogen-bond acceptors (Lipinski definition) is 2. The van der Waals surface area contributed by atoms with Gasteiger partial charge in [0.05, 0.1) is 6.54 Å². The van der Waals surface area contributed by atoms with Gasteiger partial charge in [-0.3, -0.25) is 9.59 Å². The number of amides is 2. The lowest BCUT2D eigenvalue weighted by Gasteiger charge is -2.44. The zero-order chi connectivity index (χ0) is 13.3. The smallest absolute Gasteiger partial charge is 0.248 e. The van der Waals surface area contributed by atoms with Crippen molar-refractivity contribution in [1.29, 1.82) is 0 Å². The number of nitrogens with zero attached hydrogens (tertiary/aromatic N) is 1. The van der Waals surface area contributed by atoms with E-state index in [0.717, 1.165) is 32.2 Å². The fourth-order valence-electron chi connectivity index (χ4n) is 4.05. The predicted octanol–water partition coefficient (Wildman–Crippen LogP) is 1.84. The van der Waals surface area contributed by atoms with Gasteiger partial charge in [0.2, 0.25) is 11.8 Å². The summed E-state index contributed by atoms with van der Waals surface area (Å²) in [6, 6.07) is 0. The van der Waals surface area contributed by atoms with Crippen molar-refractivity contribution in [3.8, 4) is 0 Å². The quantitative estimate of drug-likeness (QED) is 0.827. The van der Waals surface area contributed by atoms with Gasteiger partial charge in [-0.1, -0.05) is 32.1 Å². The number of nitrogens with one attached hydrogen (secondary N) is 1. The van der Waals surface area contributed by atoms with Crippen molar-refractivity contribution in [1.82, 2.24) is 10.2 Å². The maximum Gasteiger partial charge on any atom is 0.248 e. The van der Waals surface area contributed by atoms with E-state index < -0.39 is 5.54 Å². The van der Waals surface area contributed by atoms with Crippen LogP contribution in [-0.4, -0.2) is 35.3 Å². The third kappa shape index (κ3) is 2.49. The van der Waals surface area contributed by atoms with Gasteiger partial charge >= 0.3 is 0 Å². The summed E-state index contributed by atoms with van der Waals surface area (Å²) in [6.45, 7) is 1.07. The summed E-state index contributed by atoms with van der Waals surface area (Å²) in [5.41, 5.74) is -0.549. The molecular formula is C15H24N2O2. The van der Waals surface area contributed by atoms with Gasteiger partial charge in [-0.05, 0) is 31.6 Å². The average Bonchev–Trinajstić information content (AvgIpc) is 2.89. The van der Waals surface area contributed by atoms with Gasteiger partial charge in [-0.2, -0.15) is 0 Å². The molecule has 106 valence electrons. The Hall–Kier alpha value is -1.06. The average molecular weight is 264 g/mol. The molecule has 0 aromatic carbocycles. The minimum Gasteiger partial charge on any atom is -0.340 e. The maximum atomic E-state index is 12.7. The van der Waals surface area contributed by atoms with Gasteiger partial charge in [0.15, 0.2) is 0 Å². The van der Waals surface area contributed by atoms with E-state index in [-0.39, 0.29) is 18.4 Å². The molecule has 1 saturated heterocycles. The first-order chi connectivity index (χ1) is 9.20. The van der Waals surface area contributed by atoms with Crippen molar-refractivity contribution in [2.24, 2.45) is 5.92 Å². The lowest BCUT2D eigenvalue weighted by molar-refractivity contribution is -0.152. The Morgan fingerprint density at radius 1 is 1.05 bits per heavy atom. The van der Waals surface area contributed by atoms with Crippen molar-refractivity contribution in [3.63, 3.8) is 0 Å². The largest absolute Gasteiger partial charge is 0.340 e. The van der Waals surface area contributed by atoms with Crippen LogP contribution in [0.5, 0.6) is 0 Å². The monoisotopic (exact) mass is 264 g/mol. The molecule has 0 aromatic heterocycles. The molecule has 2 aliphatic carbocycles. The predicted molar refractivity (Wildman–Crippen MR) is 72.5 cm³/mol. The van der Waals surface area contributed by atoms with Gasteiger partial charge in [-0.25, -0.2) is 0 Å². The topological polar surface area (TPSA) is 49.4 Å². The first kappa shape index (κ1) is 12.9. The summed E-state index contributed by atoms with van der Waals surface area (Å²) in [7, 11) is 0. The minimum atomic E-state index is -0.549. The van der Waals surface area contributed by atoms with Crippen LogP contribution in [0.25, 0.3) is 0 Å². The number of carbonyl (C=O) groups is 2. The van der Waals surface area contributed by atoms with Crippen molar-refractivity contribution in [3.05, 3.63) is 0 Å². The van der Waals surface area contributed by atoms with Gasteiger partial charge in [0.25, 0.3) is 0 Å². The Balaban J connectivity index is 1.72. The van der Waals surface area contributed by atoms with Gasteiger partial charge < -0.3 is 10.2 Å². The van der Waals surface area contributed by atoms with Crippen LogP contribution < -0.4 is 5.32 Å². The molecule has 1 aliphatic heterocycles. The van der Waals surface area contributed by atoms with Crippen LogP contribution in [0, 0.1) is 5.92 Å². The summed E-state index contributed by atoms with van der Waals surface area (Å²) in [6.07, 6.45) is 9.97. The number of rotatable bonds is 2. The Morgan fingerprint density at radius 3 is 2.42 bits per heavy atom. The molecule has 1 spiro atoms. The van der Waals surface area contributed by atoms with Crippen molar-refractivity contribution < 1.29 is 9.59 Å². The summed E-state index contributed by atoms with van der Waals surface area (Å²) in [4.78, 5) is 26.6. The Bertz CT molecular complexity index is 368. The molecular weight excluding hydrogens is 240 g/mol. The van der Waals surface area contributed by atoms with Gasteiger partial charge in [0, 0.05) is 6.54 Å². The van der Waals surface area contributed by atoms with E-state index in [9.17, 15) is 9.59 Å². The van der Waals surface area contributed by atoms with Gasteiger partial charge in [0.1, 0.15) is 5.54 Å². The standard InChI is InChI=1S/C15H24N2O2/c18-13-11-17(10-12-6-2-3-7-12)14(19)15(16-13)8-4-1-5-9-15/h12H,1-11H2,(H,16,18). The second-order valence-electron chi connectivity index (χ2n) is 6.53. The highest BCUT2D eigenvalue weighted by Crippen LogP contribution is 2.33. The molecule has 0 radical (unpaired) electrons. The Labute approximate surface area is 114 Å². The second kappa shape index (κ2) is 5.14. The molecule has 2 saturated carbocycles. The SMILES string of the molecule is O=C1CN(CC2CCCC2)C(=O)C2(CCCCC2)N1. The van der Waals surface area contributed by atoms with Crippen LogP contribution in [0.15, 0.2) is 0 Å². The molecule has 3 fully saturated rings. The second-order valence-corrected chi connectivity index (χ2v) is 6.53. The van der Waals surface area contributed by atoms with Crippen LogP contribution in [0.1, 0.15) is 57.8 Å². The highest BCUT2D eigenvalue weighted by Gasteiger charge is 2.47. The zero-order valence-electron chi connectivity index (χ0n) is 11.6. The van der Waals surface area contributed by atoms with E-state index in [1.807, 2.05) is 4.90 Å². The highest BCUT2D eigenvalue weighted by atomic mass is 16.2. The fourth-order valence-corrected chi connectivity index (χ4v) is 4.05. The first-order valence-corrected chi connectivity index (χ1v) is 7.80. The minimum absolute atomic E-state index is 0.0412. The third-order valence-electron chi connectivity index (χ3n) is 5.07. The third-order valence-corrected chi connectivity index (χ3v) is 5.07. The van der Waals surface area contributed by atoms with Crippen LogP contribution in [-0.2, 0) is 9.59 Å². The van der Waals surface area contributed by atoms with Crippen LogP contribution in [0.2, 0.25) is 0 Å². The summed E-state index contributed by atoms with van der Waals surface area (Å²) >= 11 is 0. The van der Waals surface area contributed by atoms with E-state index in [4.69, 9.17) is 0 Å². The highest BCUT2D eigenvalue weighted by molar-refractivity contribution is 5.98. The molecule has 0 atom stereocenters. The van der Waals surface area contributed by atoms with Crippen molar-refractivity contribution >= 4 is 11.8 Å². The lowest BCUT2D eigenvalue weighted by atomic mass is 9.79. The molecule has 1 heterocycles. The summed E-state index contributed by atoms with van der Waals surface area (Å²) in [5.74, 6) is 0.855. The Morgan fingerprint density at radius 2 is 1.74 bits per heavy atom. The van der Waals surface area contributed by atoms with Crippen LogP contribution in [0.3, 0.4) is 0 Å². The van der Waals surface area contributed by atoms with E-state index >= 15 is 0 Å². The molecule has 19 heavy (non-hydrogen) atoms. The molecule has 4 nitrogen and oxygen atoms in total. The molecule has 3 aliphatic rings. The molecule has 3 rings (SSSR count). The molecule has 0 bridgehead atoms. The molecule has 2 amide bonds. The Kier molecular flexibility index (Phi) is 3.50. The zero-order valence-corrected chi connectivity index (χ0v) is 11.6. The summed E-state index contributed by atoms with van der Waals surface area (Å²) < 4.78 is 0. The van der Waals surface area contributed by atoms with E-state index in [0.29, 0.717) is 5.92 Å². The normalized spacial score (nSPS) is 27.9. The molecule has 0 aromatic rings. The fraction of sp³-hybridized carbons (Fsp3) is 0.867. The van der Waals surface area contributed by atoms with Crippen molar-refractivity contribution in [2.45, 2.75) is 63.3 Å². The number of hydrogen-bond donors (Lipinski definition) is 1. The van der Waals surface area contributed by atoms with Crippen LogP contribution >= 0.6 is 0 Å². The van der Waals surface area contributed by atoms with Crippen LogP contribution in [0.4, 0.5) is 0 Å².